The Hall–Kier alpha value is -1.41. The Morgan fingerprint density at radius 2 is 2.27 bits per heavy atom. The van der Waals surface area contributed by atoms with Crippen LogP contribution in [-0.2, 0) is 9.73 Å². The minimum absolute atomic E-state index is 0.287. The SMILES string of the molecule is Cc1ccc([C@H](C)[S@](C)(=O)=NC#N)cn1. The number of aryl methyl sites for hydroxylation is 1. The number of nitriles is 1. The van der Waals surface area contributed by atoms with Gasteiger partial charge in [0, 0.05) is 18.1 Å². The molecule has 0 unspecified atom stereocenters. The van der Waals surface area contributed by atoms with Gasteiger partial charge in [0.15, 0.2) is 0 Å². The molecule has 0 aliphatic carbocycles. The minimum atomic E-state index is -2.50. The molecule has 0 saturated carbocycles. The van der Waals surface area contributed by atoms with Gasteiger partial charge in [-0.05, 0) is 25.5 Å². The molecular formula is C10H13N3OS. The number of nitrogens with zero attached hydrogens (tertiary/aromatic N) is 3. The third-order valence-electron chi connectivity index (χ3n) is 2.28. The predicted molar refractivity (Wildman–Crippen MR) is 59.5 cm³/mol. The second-order valence-corrected chi connectivity index (χ2v) is 6.04. The van der Waals surface area contributed by atoms with E-state index < -0.39 is 9.73 Å². The summed E-state index contributed by atoms with van der Waals surface area (Å²) < 4.78 is 15.4. The molecule has 0 aliphatic rings. The lowest BCUT2D eigenvalue weighted by Crippen LogP contribution is -2.07. The maximum absolute atomic E-state index is 12.0. The summed E-state index contributed by atoms with van der Waals surface area (Å²) in [6.07, 6.45) is 4.76. The van der Waals surface area contributed by atoms with E-state index in [4.69, 9.17) is 5.26 Å². The molecule has 0 radical (unpaired) electrons. The first-order valence-corrected chi connectivity index (χ1v) is 6.47. The average Bonchev–Trinajstić information content (AvgIpc) is 2.18. The van der Waals surface area contributed by atoms with Gasteiger partial charge < -0.3 is 0 Å². The first kappa shape index (κ1) is 11.7. The van der Waals surface area contributed by atoms with Crippen LogP contribution >= 0.6 is 0 Å². The molecule has 1 aromatic heterocycles. The van der Waals surface area contributed by atoms with Crippen molar-refractivity contribution in [3.63, 3.8) is 0 Å². The molecule has 0 aromatic carbocycles. The van der Waals surface area contributed by atoms with Crippen molar-refractivity contribution in [2.45, 2.75) is 19.1 Å². The Morgan fingerprint density at radius 3 is 2.73 bits per heavy atom. The summed E-state index contributed by atoms with van der Waals surface area (Å²) in [7, 11) is -2.50. The van der Waals surface area contributed by atoms with Crippen molar-refractivity contribution in [3.8, 4) is 6.19 Å². The zero-order valence-corrected chi connectivity index (χ0v) is 9.78. The van der Waals surface area contributed by atoms with Gasteiger partial charge in [-0.3, -0.25) is 4.98 Å². The molecule has 15 heavy (non-hydrogen) atoms. The molecule has 1 aromatic rings. The first-order valence-electron chi connectivity index (χ1n) is 4.49. The van der Waals surface area contributed by atoms with Gasteiger partial charge in [0.1, 0.15) is 0 Å². The van der Waals surface area contributed by atoms with Gasteiger partial charge in [0.2, 0.25) is 6.19 Å². The quantitative estimate of drug-likeness (QED) is 0.720. The van der Waals surface area contributed by atoms with Gasteiger partial charge in [-0.25, -0.2) is 4.21 Å². The van der Waals surface area contributed by atoms with Crippen molar-refractivity contribution >= 4 is 9.73 Å². The normalized spacial score (nSPS) is 16.1. The third-order valence-corrected chi connectivity index (χ3v) is 4.31. The largest absolute Gasteiger partial charge is 0.261 e. The van der Waals surface area contributed by atoms with Crippen LogP contribution in [0.25, 0.3) is 0 Å². The lowest BCUT2D eigenvalue weighted by molar-refractivity contribution is 0.673. The average molecular weight is 223 g/mol. The van der Waals surface area contributed by atoms with Gasteiger partial charge in [-0.1, -0.05) is 6.07 Å². The fourth-order valence-corrected chi connectivity index (χ4v) is 2.10. The van der Waals surface area contributed by atoms with Crippen LogP contribution in [0.4, 0.5) is 0 Å². The molecule has 0 amide bonds. The molecule has 0 spiro atoms. The van der Waals surface area contributed by atoms with E-state index in [-0.39, 0.29) is 5.25 Å². The van der Waals surface area contributed by atoms with E-state index in [1.54, 1.807) is 19.3 Å². The van der Waals surface area contributed by atoms with Gasteiger partial charge in [0.25, 0.3) is 0 Å². The number of rotatable bonds is 2. The molecular weight excluding hydrogens is 210 g/mol. The molecule has 0 saturated heterocycles. The molecule has 2 atom stereocenters. The summed E-state index contributed by atoms with van der Waals surface area (Å²) in [6.45, 7) is 3.67. The summed E-state index contributed by atoms with van der Waals surface area (Å²) in [4.78, 5) is 4.12. The van der Waals surface area contributed by atoms with E-state index >= 15 is 0 Å². The molecule has 0 bridgehead atoms. The monoisotopic (exact) mass is 223 g/mol. The maximum atomic E-state index is 12.0. The minimum Gasteiger partial charge on any atom is -0.261 e. The lowest BCUT2D eigenvalue weighted by atomic mass is 10.2. The number of hydrogen-bond donors (Lipinski definition) is 0. The second-order valence-electron chi connectivity index (χ2n) is 3.43. The Balaban J connectivity index is 3.12. The van der Waals surface area contributed by atoms with Crippen molar-refractivity contribution in [2.75, 3.05) is 6.26 Å². The van der Waals surface area contributed by atoms with Gasteiger partial charge >= 0.3 is 0 Å². The van der Waals surface area contributed by atoms with Crippen molar-refractivity contribution in [1.29, 1.82) is 5.26 Å². The maximum Gasteiger partial charge on any atom is 0.214 e. The van der Waals surface area contributed by atoms with E-state index in [2.05, 4.69) is 9.35 Å². The van der Waals surface area contributed by atoms with Crippen molar-refractivity contribution in [1.82, 2.24) is 4.98 Å². The summed E-state index contributed by atoms with van der Waals surface area (Å²) >= 11 is 0. The Kier molecular flexibility index (Phi) is 3.43. The zero-order valence-electron chi connectivity index (χ0n) is 8.97. The van der Waals surface area contributed by atoms with Gasteiger partial charge in [0.05, 0.1) is 15.0 Å². The highest BCUT2D eigenvalue weighted by Crippen LogP contribution is 2.21. The van der Waals surface area contributed by atoms with Crippen LogP contribution in [0.3, 0.4) is 0 Å². The van der Waals surface area contributed by atoms with Crippen molar-refractivity contribution in [3.05, 3.63) is 29.6 Å². The number of hydrogen-bond acceptors (Lipinski definition) is 4. The van der Waals surface area contributed by atoms with Gasteiger partial charge in [-0.15, -0.1) is 4.36 Å². The van der Waals surface area contributed by atoms with Gasteiger partial charge in [-0.2, -0.15) is 5.26 Å². The molecule has 1 rings (SSSR count). The lowest BCUT2D eigenvalue weighted by Gasteiger charge is -2.12. The van der Waals surface area contributed by atoms with Crippen LogP contribution in [-0.4, -0.2) is 15.4 Å². The zero-order chi connectivity index (χ0) is 11.5. The molecule has 5 heteroatoms. The van der Waals surface area contributed by atoms with E-state index in [1.165, 1.54) is 6.26 Å². The molecule has 4 nitrogen and oxygen atoms in total. The summed E-state index contributed by atoms with van der Waals surface area (Å²) in [5, 5.41) is 8.14. The summed E-state index contributed by atoms with van der Waals surface area (Å²) in [6, 6.07) is 3.72. The van der Waals surface area contributed by atoms with E-state index in [1.807, 2.05) is 19.1 Å². The summed E-state index contributed by atoms with van der Waals surface area (Å²) in [5.41, 5.74) is 1.75. The predicted octanol–water partition coefficient (Wildman–Crippen LogP) is 2.03. The van der Waals surface area contributed by atoms with Crippen LogP contribution in [0.1, 0.15) is 23.4 Å². The van der Waals surface area contributed by atoms with Crippen molar-refractivity contribution < 1.29 is 4.21 Å². The van der Waals surface area contributed by atoms with E-state index in [0.29, 0.717) is 0 Å². The van der Waals surface area contributed by atoms with Crippen molar-refractivity contribution in [2.24, 2.45) is 4.36 Å². The fourth-order valence-electron chi connectivity index (χ4n) is 1.13. The standard InChI is InChI=1S/C10H13N3OS/c1-8-4-5-10(6-12-8)9(2)15(3,14)13-7-11/h4-6,9H,1-3H3/t9-,15-/m0/s1. The highest BCUT2D eigenvalue weighted by atomic mass is 32.2. The highest BCUT2D eigenvalue weighted by molar-refractivity contribution is 7.93. The summed E-state index contributed by atoms with van der Waals surface area (Å²) in [5.74, 6) is 0. The second kappa shape index (κ2) is 4.41. The molecule has 0 N–H and O–H groups in total. The highest BCUT2D eigenvalue weighted by Gasteiger charge is 2.15. The molecule has 80 valence electrons. The number of pyridine rings is 1. The fraction of sp³-hybridized carbons (Fsp3) is 0.400. The van der Waals surface area contributed by atoms with E-state index in [9.17, 15) is 4.21 Å². The number of aromatic nitrogens is 1. The topological polar surface area (TPSA) is 66.1 Å². The van der Waals surface area contributed by atoms with Crippen LogP contribution < -0.4 is 0 Å². The molecule has 1 heterocycles. The smallest absolute Gasteiger partial charge is 0.214 e. The Bertz CT molecular complexity index is 492. The third kappa shape index (κ3) is 2.77. The Morgan fingerprint density at radius 1 is 1.60 bits per heavy atom. The van der Waals surface area contributed by atoms with Crippen LogP contribution in [0.2, 0.25) is 0 Å². The first-order chi connectivity index (χ1) is 6.97. The van der Waals surface area contributed by atoms with Crippen LogP contribution in [0, 0.1) is 18.4 Å². The van der Waals surface area contributed by atoms with E-state index in [0.717, 1.165) is 11.3 Å². The Labute approximate surface area is 90.1 Å². The van der Waals surface area contributed by atoms with Crippen LogP contribution in [0.15, 0.2) is 22.7 Å². The van der Waals surface area contributed by atoms with Crippen LogP contribution in [0.5, 0.6) is 0 Å². The molecule has 0 aliphatic heterocycles. The molecule has 0 fully saturated rings.